The van der Waals surface area contributed by atoms with E-state index in [9.17, 15) is 13.2 Å². The van der Waals surface area contributed by atoms with Gasteiger partial charge in [-0.05, 0) is 100 Å². The van der Waals surface area contributed by atoms with Crippen LogP contribution in [0, 0.1) is 41.5 Å². The molecular formula is C28H34N2O3S. The average Bonchev–Trinajstić information content (AvgIpc) is 2.76. The summed E-state index contributed by atoms with van der Waals surface area (Å²) < 4.78 is 28.6. The van der Waals surface area contributed by atoms with Gasteiger partial charge in [-0.25, -0.2) is 8.42 Å². The van der Waals surface area contributed by atoms with Crippen LogP contribution in [0.15, 0.2) is 59.5 Å². The van der Waals surface area contributed by atoms with Gasteiger partial charge in [-0.15, -0.1) is 0 Å². The van der Waals surface area contributed by atoms with Crippen molar-refractivity contribution in [2.45, 2.75) is 59.4 Å². The minimum absolute atomic E-state index is 0.157. The lowest BCUT2D eigenvalue weighted by atomic mass is 9.96. The zero-order valence-corrected chi connectivity index (χ0v) is 21.9. The van der Waals surface area contributed by atoms with Gasteiger partial charge in [-0.1, -0.05) is 42.0 Å². The predicted molar refractivity (Wildman–Crippen MR) is 139 cm³/mol. The maximum absolute atomic E-state index is 13.7. The third kappa shape index (κ3) is 5.50. The van der Waals surface area contributed by atoms with Gasteiger partial charge in [0.15, 0.2) is 0 Å². The Morgan fingerprint density at radius 3 is 2.03 bits per heavy atom. The van der Waals surface area contributed by atoms with Crippen molar-refractivity contribution < 1.29 is 13.2 Å². The molecule has 1 atom stereocenters. The van der Waals surface area contributed by atoms with Crippen LogP contribution in [-0.4, -0.2) is 20.9 Å². The highest BCUT2D eigenvalue weighted by molar-refractivity contribution is 7.92. The first-order valence-corrected chi connectivity index (χ1v) is 12.9. The van der Waals surface area contributed by atoms with Crippen LogP contribution in [-0.2, 0) is 14.8 Å². The molecule has 0 radical (unpaired) electrons. The molecule has 0 saturated carbocycles. The van der Waals surface area contributed by atoms with Gasteiger partial charge in [0.05, 0.1) is 16.6 Å². The topological polar surface area (TPSA) is 66.5 Å². The predicted octanol–water partition coefficient (Wildman–Crippen LogP) is 5.61. The van der Waals surface area contributed by atoms with Crippen LogP contribution in [0.25, 0.3) is 0 Å². The Hall–Kier alpha value is -3.12. The molecule has 5 nitrogen and oxygen atoms in total. The molecule has 0 unspecified atom stereocenters. The fourth-order valence-electron chi connectivity index (χ4n) is 4.07. The van der Waals surface area contributed by atoms with Gasteiger partial charge in [0.2, 0.25) is 5.91 Å². The highest BCUT2D eigenvalue weighted by atomic mass is 32.2. The quantitative estimate of drug-likeness (QED) is 0.480. The molecule has 180 valence electrons. The van der Waals surface area contributed by atoms with E-state index in [2.05, 4.69) is 24.4 Å². The summed E-state index contributed by atoms with van der Waals surface area (Å²) in [5, 5.41) is 3.01. The molecule has 0 fully saturated rings. The number of rotatable bonds is 7. The summed E-state index contributed by atoms with van der Waals surface area (Å²) in [5.74, 6) is -0.360. The summed E-state index contributed by atoms with van der Waals surface area (Å²) in [6, 6.07) is 16.3. The number of hydrogen-bond donors (Lipinski definition) is 1. The Morgan fingerprint density at radius 1 is 0.794 bits per heavy atom. The number of nitrogens with one attached hydrogen (secondary N) is 1. The second-order valence-electron chi connectivity index (χ2n) is 9.20. The van der Waals surface area contributed by atoms with E-state index >= 15 is 0 Å². The van der Waals surface area contributed by atoms with Gasteiger partial charge in [0.25, 0.3) is 10.0 Å². The van der Waals surface area contributed by atoms with Crippen LogP contribution in [0.3, 0.4) is 0 Å². The number of carbonyl (C=O) groups is 1. The normalized spacial score (nSPS) is 12.3. The average molecular weight is 479 g/mol. The smallest absolute Gasteiger partial charge is 0.264 e. The Morgan fingerprint density at radius 2 is 1.38 bits per heavy atom. The van der Waals surface area contributed by atoms with Gasteiger partial charge >= 0.3 is 0 Å². The molecule has 0 aliphatic heterocycles. The summed E-state index contributed by atoms with van der Waals surface area (Å²) in [7, 11) is -3.95. The SMILES string of the molecule is Cc1ccc(S(=O)(=O)N(CC(=O)N[C@H](C)c2cc(C)c(C)cc2C)c2cc(C)ccc2C)cc1. The molecule has 34 heavy (non-hydrogen) atoms. The molecule has 3 aromatic rings. The number of carbonyl (C=O) groups excluding carboxylic acids is 1. The number of aryl methyl sites for hydroxylation is 6. The Balaban J connectivity index is 1.96. The van der Waals surface area contributed by atoms with E-state index in [0.717, 1.165) is 33.4 Å². The highest BCUT2D eigenvalue weighted by Crippen LogP contribution is 2.28. The first kappa shape index (κ1) is 25.5. The van der Waals surface area contributed by atoms with Crippen molar-refractivity contribution >= 4 is 21.6 Å². The number of amides is 1. The molecule has 0 saturated heterocycles. The maximum Gasteiger partial charge on any atom is 0.264 e. The largest absolute Gasteiger partial charge is 0.348 e. The van der Waals surface area contributed by atoms with Gasteiger partial charge in [0.1, 0.15) is 6.54 Å². The molecule has 6 heteroatoms. The molecule has 0 spiro atoms. The molecule has 0 heterocycles. The summed E-state index contributed by atoms with van der Waals surface area (Å²) in [4.78, 5) is 13.3. The zero-order chi connectivity index (χ0) is 25.2. The number of benzene rings is 3. The van der Waals surface area contributed by atoms with E-state index in [-0.39, 0.29) is 23.4 Å². The van der Waals surface area contributed by atoms with Crippen molar-refractivity contribution in [3.63, 3.8) is 0 Å². The molecule has 3 aromatic carbocycles. The molecule has 0 aromatic heterocycles. The van der Waals surface area contributed by atoms with Crippen LogP contribution in [0.1, 0.15) is 51.9 Å². The Bertz CT molecular complexity index is 1310. The standard InChI is InChI=1S/C28H34N2O3S/c1-18-9-12-25(13-10-18)34(32,33)30(27-14-19(2)8-11-20(27)3)17-28(31)29-24(7)26-16-22(5)21(4)15-23(26)6/h8-16,24H,17H2,1-7H3,(H,29,31)/t24-/m1/s1. The van der Waals surface area contributed by atoms with Crippen LogP contribution in [0.5, 0.6) is 0 Å². The van der Waals surface area contributed by atoms with Crippen LogP contribution in [0.2, 0.25) is 0 Å². The molecular weight excluding hydrogens is 444 g/mol. The fraction of sp³-hybridized carbons (Fsp3) is 0.321. The first-order valence-electron chi connectivity index (χ1n) is 11.4. The lowest BCUT2D eigenvalue weighted by molar-refractivity contribution is -0.120. The number of anilines is 1. The molecule has 0 bridgehead atoms. The van der Waals surface area contributed by atoms with Gasteiger partial charge in [-0.3, -0.25) is 9.10 Å². The summed E-state index contributed by atoms with van der Waals surface area (Å²) in [6.45, 7) is 13.4. The molecule has 0 aliphatic rings. The summed E-state index contributed by atoms with van der Waals surface area (Å²) >= 11 is 0. The molecule has 3 rings (SSSR count). The summed E-state index contributed by atoms with van der Waals surface area (Å²) in [5.41, 5.74) is 7.64. The lowest BCUT2D eigenvalue weighted by Gasteiger charge is -2.27. The van der Waals surface area contributed by atoms with Crippen LogP contribution >= 0.6 is 0 Å². The van der Waals surface area contributed by atoms with Crippen LogP contribution < -0.4 is 9.62 Å². The first-order chi connectivity index (χ1) is 15.9. The van der Waals surface area contributed by atoms with Crippen molar-refractivity contribution in [2.24, 2.45) is 0 Å². The number of nitrogens with zero attached hydrogens (tertiary/aromatic N) is 1. The molecule has 0 aliphatic carbocycles. The van der Waals surface area contributed by atoms with Crippen molar-refractivity contribution in [1.29, 1.82) is 0 Å². The second-order valence-corrected chi connectivity index (χ2v) is 11.1. The van der Waals surface area contributed by atoms with E-state index in [1.165, 1.54) is 9.87 Å². The van der Waals surface area contributed by atoms with E-state index in [1.807, 2.05) is 59.7 Å². The van der Waals surface area contributed by atoms with Gasteiger partial charge in [0, 0.05) is 0 Å². The van der Waals surface area contributed by atoms with Crippen molar-refractivity contribution in [1.82, 2.24) is 5.32 Å². The minimum Gasteiger partial charge on any atom is -0.348 e. The van der Waals surface area contributed by atoms with Crippen molar-refractivity contribution in [3.8, 4) is 0 Å². The summed E-state index contributed by atoms with van der Waals surface area (Å²) in [6.07, 6.45) is 0. The third-order valence-electron chi connectivity index (χ3n) is 6.26. The minimum atomic E-state index is -3.95. The fourth-order valence-corrected chi connectivity index (χ4v) is 5.55. The number of sulfonamides is 1. The van der Waals surface area contributed by atoms with E-state index in [0.29, 0.717) is 5.69 Å². The molecule has 1 N–H and O–H groups in total. The third-order valence-corrected chi connectivity index (χ3v) is 8.03. The lowest BCUT2D eigenvalue weighted by Crippen LogP contribution is -2.42. The monoisotopic (exact) mass is 478 g/mol. The number of hydrogen-bond acceptors (Lipinski definition) is 3. The van der Waals surface area contributed by atoms with E-state index in [4.69, 9.17) is 0 Å². The second kappa shape index (κ2) is 10.0. The molecule has 1 amide bonds. The zero-order valence-electron chi connectivity index (χ0n) is 21.1. The van der Waals surface area contributed by atoms with E-state index < -0.39 is 10.0 Å². The Kier molecular flexibility index (Phi) is 7.51. The van der Waals surface area contributed by atoms with Gasteiger partial charge in [-0.2, -0.15) is 0 Å². The van der Waals surface area contributed by atoms with Crippen molar-refractivity contribution in [3.05, 3.63) is 93.5 Å². The van der Waals surface area contributed by atoms with Crippen LogP contribution in [0.4, 0.5) is 5.69 Å². The highest BCUT2D eigenvalue weighted by Gasteiger charge is 2.29. The maximum atomic E-state index is 13.7. The van der Waals surface area contributed by atoms with E-state index in [1.54, 1.807) is 24.3 Å². The Labute approximate surface area is 203 Å². The van der Waals surface area contributed by atoms with Crippen molar-refractivity contribution in [2.75, 3.05) is 10.8 Å². The van der Waals surface area contributed by atoms with Gasteiger partial charge < -0.3 is 5.32 Å².